The van der Waals surface area contributed by atoms with Gasteiger partial charge in [-0.25, -0.2) is 4.79 Å². The quantitative estimate of drug-likeness (QED) is 0.700. The van der Waals surface area contributed by atoms with Crippen LogP contribution in [0.5, 0.6) is 0 Å². The second-order valence-corrected chi connectivity index (χ2v) is 6.61. The lowest BCUT2D eigenvalue weighted by molar-refractivity contribution is -0.0129. The number of likely N-dealkylation sites (tertiary alicyclic amines) is 1. The Morgan fingerprint density at radius 2 is 2.28 bits per heavy atom. The van der Waals surface area contributed by atoms with Crippen LogP contribution in [0.4, 0.5) is 4.79 Å². The van der Waals surface area contributed by atoms with Crippen molar-refractivity contribution in [2.45, 2.75) is 44.4 Å². The van der Waals surface area contributed by atoms with E-state index in [1.807, 2.05) is 25.7 Å². The van der Waals surface area contributed by atoms with Crippen LogP contribution in [0.1, 0.15) is 27.2 Å². The van der Waals surface area contributed by atoms with Gasteiger partial charge in [-0.15, -0.1) is 0 Å². The van der Waals surface area contributed by atoms with Gasteiger partial charge >= 0.3 is 6.09 Å². The van der Waals surface area contributed by atoms with Crippen LogP contribution in [-0.4, -0.2) is 54.5 Å². The third kappa shape index (κ3) is 1.80. The number of hydrogen-bond acceptors (Lipinski definition) is 4. The highest BCUT2D eigenvalue weighted by Gasteiger charge is 2.60. The number of nitrogens with zero attached hydrogens (tertiary/aromatic N) is 1. The summed E-state index contributed by atoms with van der Waals surface area (Å²) in [6, 6.07) is 0.412. The molecule has 18 heavy (non-hydrogen) atoms. The van der Waals surface area contributed by atoms with Crippen molar-refractivity contribution in [2.24, 2.45) is 5.92 Å². The highest BCUT2D eigenvalue weighted by Crippen LogP contribution is 2.43. The van der Waals surface area contributed by atoms with Gasteiger partial charge in [0.1, 0.15) is 11.2 Å². The fourth-order valence-corrected chi connectivity index (χ4v) is 3.44. The van der Waals surface area contributed by atoms with Gasteiger partial charge < -0.3 is 19.7 Å². The van der Waals surface area contributed by atoms with E-state index in [0.29, 0.717) is 18.5 Å². The SMILES string of the molecule is CC(C)(C)OC(=O)N1C[C@H]2CN[C@@H]3CCO[C@]23C1. The van der Waals surface area contributed by atoms with Crippen molar-refractivity contribution in [3.8, 4) is 0 Å². The number of carbonyl (C=O) groups is 1. The molecule has 0 aromatic rings. The van der Waals surface area contributed by atoms with Crippen molar-refractivity contribution in [1.82, 2.24) is 10.2 Å². The lowest BCUT2D eigenvalue weighted by Gasteiger charge is -2.28. The first-order chi connectivity index (χ1) is 8.41. The summed E-state index contributed by atoms with van der Waals surface area (Å²) in [5.74, 6) is 0.414. The molecule has 0 aromatic carbocycles. The van der Waals surface area contributed by atoms with Crippen LogP contribution in [0.15, 0.2) is 0 Å². The van der Waals surface area contributed by atoms with Crippen molar-refractivity contribution in [2.75, 3.05) is 26.2 Å². The predicted octanol–water partition coefficient (Wildman–Crippen LogP) is 0.984. The van der Waals surface area contributed by atoms with Gasteiger partial charge in [0, 0.05) is 31.7 Å². The Bertz CT molecular complexity index is 366. The lowest BCUT2D eigenvalue weighted by atomic mass is 9.89. The van der Waals surface area contributed by atoms with E-state index in [9.17, 15) is 4.79 Å². The maximum absolute atomic E-state index is 12.1. The average Bonchev–Trinajstić information content (AvgIpc) is 2.82. The third-order valence-electron chi connectivity index (χ3n) is 4.20. The van der Waals surface area contributed by atoms with Crippen LogP contribution < -0.4 is 5.32 Å². The second kappa shape index (κ2) is 3.84. The van der Waals surface area contributed by atoms with Crippen LogP contribution in [0.2, 0.25) is 0 Å². The second-order valence-electron chi connectivity index (χ2n) is 6.61. The number of rotatable bonds is 0. The number of amides is 1. The Kier molecular flexibility index (Phi) is 2.61. The van der Waals surface area contributed by atoms with E-state index >= 15 is 0 Å². The largest absolute Gasteiger partial charge is 0.444 e. The summed E-state index contributed by atoms with van der Waals surface area (Å²) >= 11 is 0. The van der Waals surface area contributed by atoms with Gasteiger partial charge in [-0.2, -0.15) is 0 Å². The minimum Gasteiger partial charge on any atom is -0.444 e. The molecule has 0 aromatic heterocycles. The van der Waals surface area contributed by atoms with Crippen molar-refractivity contribution in [3.05, 3.63) is 0 Å². The highest BCUT2D eigenvalue weighted by molar-refractivity contribution is 5.69. The summed E-state index contributed by atoms with van der Waals surface area (Å²) < 4.78 is 11.4. The standard InChI is InChI=1S/C13H22N2O3/c1-12(2,3)18-11(16)15-7-9-6-14-10-4-5-17-13(9,10)8-15/h9-10,14H,4-8H2,1-3H3/t9-,10-,13-/m1/s1. The molecule has 3 atom stereocenters. The molecule has 5 heteroatoms. The molecule has 3 heterocycles. The van der Waals surface area contributed by atoms with E-state index in [2.05, 4.69) is 5.32 Å². The van der Waals surface area contributed by atoms with E-state index in [1.165, 1.54) is 0 Å². The number of hydrogen-bond donors (Lipinski definition) is 1. The molecule has 102 valence electrons. The first kappa shape index (κ1) is 12.2. The van der Waals surface area contributed by atoms with E-state index in [4.69, 9.17) is 9.47 Å². The van der Waals surface area contributed by atoms with E-state index in [0.717, 1.165) is 26.1 Å². The molecule has 3 fully saturated rings. The van der Waals surface area contributed by atoms with Crippen LogP contribution in [0.3, 0.4) is 0 Å². The topological polar surface area (TPSA) is 50.8 Å². The molecule has 0 radical (unpaired) electrons. The van der Waals surface area contributed by atoms with E-state index in [-0.39, 0.29) is 11.7 Å². The van der Waals surface area contributed by atoms with Gasteiger partial charge in [0.25, 0.3) is 0 Å². The molecule has 0 unspecified atom stereocenters. The Balaban J connectivity index is 1.70. The van der Waals surface area contributed by atoms with Gasteiger partial charge in [0.05, 0.1) is 6.54 Å². The smallest absolute Gasteiger partial charge is 0.410 e. The monoisotopic (exact) mass is 254 g/mol. The molecule has 3 aliphatic heterocycles. The zero-order valence-electron chi connectivity index (χ0n) is 11.4. The maximum Gasteiger partial charge on any atom is 0.410 e. The van der Waals surface area contributed by atoms with Crippen molar-refractivity contribution < 1.29 is 14.3 Å². The van der Waals surface area contributed by atoms with Crippen molar-refractivity contribution >= 4 is 6.09 Å². The molecule has 3 aliphatic rings. The highest BCUT2D eigenvalue weighted by atomic mass is 16.6. The zero-order valence-corrected chi connectivity index (χ0v) is 11.4. The fraction of sp³-hybridized carbons (Fsp3) is 0.923. The normalized spacial score (nSPS) is 38.7. The molecule has 0 bridgehead atoms. The average molecular weight is 254 g/mol. The number of nitrogens with one attached hydrogen (secondary N) is 1. The molecule has 3 saturated heterocycles. The Morgan fingerprint density at radius 3 is 3.00 bits per heavy atom. The summed E-state index contributed by atoms with van der Waals surface area (Å²) in [6.45, 7) is 8.87. The van der Waals surface area contributed by atoms with Crippen LogP contribution >= 0.6 is 0 Å². The Hall–Kier alpha value is -0.810. The summed E-state index contributed by atoms with van der Waals surface area (Å²) in [4.78, 5) is 13.9. The van der Waals surface area contributed by atoms with Gasteiger partial charge in [-0.3, -0.25) is 0 Å². The lowest BCUT2D eigenvalue weighted by Crippen LogP contribution is -2.46. The molecule has 5 nitrogen and oxygen atoms in total. The van der Waals surface area contributed by atoms with Gasteiger partial charge in [0.15, 0.2) is 0 Å². The molecule has 1 amide bonds. The number of carbonyl (C=O) groups excluding carboxylic acids is 1. The summed E-state index contributed by atoms with van der Waals surface area (Å²) in [7, 11) is 0. The van der Waals surface area contributed by atoms with E-state index < -0.39 is 5.60 Å². The minimum absolute atomic E-state index is 0.142. The Morgan fingerprint density at radius 1 is 1.50 bits per heavy atom. The van der Waals surface area contributed by atoms with Crippen LogP contribution in [0.25, 0.3) is 0 Å². The summed E-state index contributed by atoms with van der Waals surface area (Å²) in [5.41, 5.74) is -0.572. The van der Waals surface area contributed by atoms with Crippen LogP contribution in [-0.2, 0) is 9.47 Å². The molecule has 1 spiro atoms. The molecule has 0 saturated carbocycles. The first-order valence-corrected chi connectivity index (χ1v) is 6.76. The van der Waals surface area contributed by atoms with Gasteiger partial charge in [-0.05, 0) is 27.2 Å². The first-order valence-electron chi connectivity index (χ1n) is 6.76. The summed E-state index contributed by atoms with van der Waals surface area (Å²) in [6.07, 6.45) is 0.846. The van der Waals surface area contributed by atoms with Crippen molar-refractivity contribution in [3.63, 3.8) is 0 Å². The Labute approximate surface area is 108 Å². The summed E-state index contributed by atoms with van der Waals surface area (Å²) in [5, 5.41) is 3.52. The fourth-order valence-electron chi connectivity index (χ4n) is 3.44. The predicted molar refractivity (Wildman–Crippen MR) is 66.4 cm³/mol. The molecular weight excluding hydrogens is 232 g/mol. The zero-order chi connectivity index (χ0) is 13.0. The minimum atomic E-state index is -0.430. The van der Waals surface area contributed by atoms with E-state index in [1.54, 1.807) is 0 Å². The molecular formula is C13H22N2O3. The molecule has 0 aliphatic carbocycles. The maximum atomic E-state index is 12.1. The van der Waals surface area contributed by atoms with Crippen molar-refractivity contribution in [1.29, 1.82) is 0 Å². The van der Waals surface area contributed by atoms with Gasteiger partial charge in [-0.1, -0.05) is 0 Å². The molecule has 1 N–H and O–H groups in total. The third-order valence-corrected chi connectivity index (χ3v) is 4.20. The number of ether oxygens (including phenoxy) is 2. The van der Waals surface area contributed by atoms with Gasteiger partial charge in [0.2, 0.25) is 0 Å². The van der Waals surface area contributed by atoms with Crippen LogP contribution in [0, 0.1) is 5.92 Å². The molecule has 3 rings (SSSR count).